The third kappa shape index (κ3) is 3.23. The highest BCUT2D eigenvalue weighted by molar-refractivity contribution is 7.99. The molecule has 0 fully saturated rings. The normalized spacial score (nSPS) is 10.3. The molecule has 2 rings (SSSR count). The van der Waals surface area contributed by atoms with E-state index in [1.54, 1.807) is 11.4 Å². The third-order valence-electron chi connectivity index (χ3n) is 2.93. The molecule has 0 spiro atoms. The number of carbonyl (C=O) groups is 1. The summed E-state index contributed by atoms with van der Waals surface area (Å²) >= 11 is 2.43. The number of thiophene rings is 1. The first-order valence-corrected chi connectivity index (χ1v) is 8.08. The Kier molecular flexibility index (Phi) is 4.94. The van der Waals surface area contributed by atoms with Crippen LogP contribution < -0.4 is 0 Å². The fourth-order valence-corrected chi connectivity index (χ4v) is 3.71. The van der Waals surface area contributed by atoms with Crippen molar-refractivity contribution in [2.75, 3.05) is 0 Å². The van der Waals surface area contributed by atoms with Gasteiger partial charge in [0.15, 0.2) is 0 Å². The van der Waals surface area contributed by atoms with E-state index in [2.05, 4.69) is 16.3 Å². The first kappa shape index (κ1) is 15.5. The first-order valence-electron chi connectivity index (χ1n) is 6.38. The smallest absolute Gasteiger partial charge is 0.345 e. The van der Waals surface area contributed by atoms with Gasteiger partial charge in [0.2, 0.25) is 0 Å². The van der Waals surface area contributed by atoms with Gasteiger partial charge < -0.3 is 5.11 Å². The highest BCUT2D eigenvalue weighted by Gasteiger charge is 2.16. The fraction of sp³-hybridized carbons (Fsp3) is 0.286. The Morgan fingerprint density at radius 2 is 2.19 bits per heavy atom. The van der Waals surface area contributed by atoms with Crippen LogP contribution in [0, 0.1) is 11.3 Å². The van der Waals surface area contributed by atoms with Gasteiger partial charge >= 0.3 is 5.97 Å². The molecule has 0 aliphatic rings. The van der Waals surface area contributed by atoms with Gasteiger partial charge in [-0.25, -0.2) is 4.79 Å². The summed E-state index contributed by atoms with van der Waals surface area (Å²) in [6, 6.07) is 3.79. The van der Waals surface area contributed by atoms with Crippen LogP contribution in [-0.4, -0.2) is 21.3 Å². The molecule has 0 radical (unpaired) electrons. The Balaban J connectivity index is 2.40. The van der Waals surface area contributed by atoms with Gasteiger partial charge in [0.1, 0.15) is 16.0 Å². The number of hydrogen-bond acceptors (Lipinski definition) is 6. The minimum absolute atomic E-state index is 0.268. The monoisotopic (exact) mass is 319 g/mol. The predicted octanol–water partition coefficient (Wildman–Crippen LogP) is 3.38. The lowest BCUT2D eigenvalue weighted by Gasteiger charge is -2.09. The van der Waals surface area contributed by atoms with Crippen LogP contribution in [0.3, 0.4) is 0 Å². The molecule has 0 amide bonds. The number of hydrogen-bond donors (Lipinski definition) is 1. The lowest BCUT2D eigenvalue weighted by atomic mass is 10.1. The Bertz CT molecular complexity index is 719. The van der Waals surface area contributed by atoms with Crippen molar-refractivity contribution >= 4 is 29.1 Å². The highest BCUT2D eigenvalue weighted by Crippen LogP contribution is 2.33. The quantitative estimate of drug-likeness (QED) is 0.909. The SMILES string of the molecule is CCc1nnc(Sc2csc(C(=O)O)c2)c(C#N)c1CC. The van der Waals surface area contributed by atoms with Gasteiger partial charge in [-0.15, -0.1) is 16.4 Å². The summed E-state index contributed by atoms with van der Waals surface area (Å²) in [5.74, 6) is -0.950. The van der Waals surface area contributed by atoms with Gasteiger partial charge in [-0.2, -0.15) is 10.4 Å². The average molecular weight is 319 g/mol. The molecular weight excluding hydrogens is 306 g/mol. The molecule has 108 valence electrons. The zero-order valence-electron chi connectivity index (χ0n) is 11.6. The van der Waals surface area contributed by atoms with Crippen LogP contribution in [0.1, 0.15) is 40.3 Å². The van der Waals surface area contributed by atoms with Gasteiger partial charge in [-0.1, -0.05) is 25.6 Å². The number of carboxylic acids is 1. The van der Waals surface area contributed by atoms with Crippen LogP contribution in [0.25, 0.3) is 0 Å². The van der Waals surface area contributed by atoms with Crippen LogP contribution in [0.15, 0.2) is 21.4 Å². The van der Waals surface area contributed by atoms with E-state index in [1.165, 1.54) is 11.8 Å². The van der Waals surface area contributed by atoms with Gasteiger partial charge in [-0.05, 0) is 24.5 Å². The van der Waals surface area contributed by atoms with Crippen molar-refractivity contribution in [2.45, 2.75) is 36.6 Å². The number of aromatic carboxylic acids is 1. The van der Waals surface area contributed by atoms with Crippen molar-refractivity contribution in [1.82, 2.24) is 10.2 Å². The van der Waals surface area contributed by atoms with E-state index in [0.717, 1.165) is 40.3 Å². The molecule has 0 saturated heterocycles. The maximum atomic E-state index is 10.9. The van der Waals surface area contributed by atoms with Crippen LogP contribution in [-0.2, 0) is 12.8 Å². The lowest BCUT2D eigenvalue weighted by Crippen LogP contribution is -2.04. The first-order chi connectivity index (χ1) is 10.1. The molecule has 0 aliphatic heterocycles. The Labute approximate surface area is 130 Å². The fourth-order valence-electron chi connectivity index (χ4n) is 1.94. The summed E-state index contributed by atoms with van der Waals surface area (Å²) in [5, 5.41) is 28.9. The van der Waals surface area contributed by atoms with Crippen molar-refractivity contribution in [1.29, 1.82) is 5.26 Å². The summed E-state index contributed by atoms with van der Waals surface area (Å²) < 4.78 is 0. The van der Waals surface area contributed by atoms with Crippen molar-refractivity contribution in [3.8, 4) is 6.07 Å². The van der Waals surface area contributed by atoms with Crippen LogP contribution in [0.2, 0.25) is 0 Å². The van der Waals surface area contributed by atoms with E-state index < -0.39 is 5.97 Å². The second-order valence-electron chi connectivity index (χ2n) is 4.18. The molecule has 2 heterocycles. The van der Waals surface area contributed by atoms with Gasteiger partial charge in [0.05, 0.1) is 11.3 Å². The molecule has 21 heavy (non-hydrogen) atoms. The van der Waals surface area contributed by atoms with E-state index >= 15 is 0 Å². The second kappa shape index (κ2) is 6.70. The molecule has 0 bridgehead atoms. The number of aromatic nitrogens is 2. The number of rotatable bonds is 5. The van der Waals surface area contributed by atoms with Crippen LogP contribution >= 0.6 is 23.1 Å². The molecule has 2 aromatic heterocycles. The Morgan fingerprint density at radius 1 is 1.43 bits per heavy atom. The number of nitriles is 1. The Hall–Kier alpha value is -1.91. The van der Waals surface area contributed by atoms with E-state index in [0.29, 0.717) is 10.6 Å². The van der Waals surface area contributed by atoms with E-state index in [-0.39, 0.29) is 4.88 Å². The van der Waals surface area contributed by atoms with E-state index in [1.807, 2.05) is 13.8 Å². The summed E-state index contributed by atoms with van der Waals surface area (Å²) in [6.07, 6.45) is 1.45. The second-order valence-corrected chi connectivity index (χ2v) is 6.15. The highest BCUT2D eigenvalue weighted by atomic mass is 32.2. The standard InChI is InChI=1S/C14H13N3O2S2/c1-3-9-10(6-15)13(17-16-11(9)4-2)21-8-5-12(14(18)19)20-7-8/h5,7H,3-4H2,1-2H3,(H,18,19). The minimum atomic E-state index is -0.950. The zero-order chi connectivity index (χ0) is 15.4. The number of carboxylic acid groups (broad SMARTS) is 1. The van der Waals surface area contributed by atoms with Crippen molar-refractivity contribution in [2.24, 2.45) is 0 Å². The van der Waals surface area contributed by atoms with Crippen molar-refractivity contribution < 1.29 is 9.90 Å². The van der Waals surface area contributed by atoms with Gasteiger partial charge in [0.25, 0.3) is 0 Å². The summed E-state index contributed by atoms with van der Waals surface area (Å²) in [5.41, 5.74) is 2.30. The molecule has 5 nitrogen and oxygen atoms in total. The molecule has 2 aromatic rings. The number of aryl methyl sites for hydroxylation is 1. The molecule has 0 saturated carbocycles. The number of nitrogens with zero attached hydrogens (tertiary/aromatic N) is 3. The minimum Gasteiger partial charge on any atom is -0.477 e. The van der Waals surface area contributed by atoms with Crippen molar-refractivity contribution in [3.05, 3.63) is 33.1 Å². The summed E-state index contributed by atoms with van der Waals surface area (Å²) in [6.45, 7) is 3.97. The van der Waals surface area contributed by atoms with Crippen molar-refractivity contribution in [3.63, 3.8) is 0 Å². The molecule has 0 aliphatic carbocycles. The lowest BCUT2D eigenvalue weighted by molar-refractivity contribution is 0.0702. The zero-order valence-corrected chi connectivity index (χ0v) is 13.2. The molecule has 0 aromatic carbocycles. The van der Waals surface area contributed by atoms with E-state index in [9.17, 15) is 10.1 Å². The average Bonchev–Trinajstić information content (AvgIpc) is 2.95. The summed E-state index contributed by atoms with van der Waals surface area (Å²) in [4.78, 5) is 11.9. The van der Waals surface area contributed by atoms with Gasteiger partial charge in [0, 0.05) is 10.3 Å². The largest absolute Gasteiger partial charge is 0.477 e. The topological polar surface area (TPSA) is 86.9 Å². The maximum Gasteiger partial charge on any atom is 0.345 e. The predicted molar refractivity (Wildman–Crippen MR) is 80.9 cm³/mol. The molecule has 7 heteroatoms. The van der Waals surface area contributed by atoms with Crippen LogP contribution in [0.5, 0.6) is 0 Å². The van der Waals surface area contributed by atoms with E-state index in [4.69, 9.17) is 5.11 Å². The molecule has 1 N–H and O–H groups in total. The van der Waals surface area contributed by atoms with Crippen LogP contribution in [0.4, 0.5) is 0 Å². The maximum absolute atomic E-state index is 10.9. The molecular formula is C14H13N3O2S2. The third-order valence-corrected chi connectivity index (χ3v) is 4.94. The molecule has 0 unspecified atom stereocenters. The van der Waals surface area contributed by atoms with Gasteiger partial charge in [-0.3, -0.25) is 0 Å². The summed E-state index contributed by atoms with van der Waals surface area (Å²) in [7, 11) is 0. The molecule has 0 atom stereocenters. The Morgan fingerprint density at radius 3 is 2.71 bits per heavy atom.